The SMILES string of the molecule is ClCc1cnn(CC2Cc3ccccc32)c1. The molecule has 0 N–H and O–H groups in total. The van der Waals surface area contributed by atoms with Gasteiger partial charge in [-0.1, -0.05) is 24.3 Å². The molecule has 0 fully saturated rings. The largest absolute Gasteiger partial charge is 0.272 e. The minimum absolute atomic E-state index is 0.543. The molecule has 0 aliphatic heterocycles. The van der Waals surface area contributed by atoms with Crippen molar-refractivity contribution in [3.8, 4) is 0 Å². The smallest absolute Gasteiger partial charge is 0.0533 e. The van der Waals surface area contributed by atoms with E-state index in [0.29, 0.717) is 11.8 Å². The summed E-state index contributed by atoms with van der Waals surface area (Å²) in [7, 11) is 0. The molecule has 0 spiro atoms. The summed E-state index contributed by atoms with van der Waals surface area (Å²) in [6.45, 7) is 0.966. The monoisotopic (exact) mass is 232 g/mol. The molecule has 82 valence electrons. The molecule has 1 aromatic heterocycles. The summed E-state index contributed by atoms with van der Waals surface area (Å²) in [5.74, 6) is 1.17. The van der Waals surface area contributed by atoms with Crippen LogP contribution in [-0.2, 0) is 18.8 Å². The molecule has 2 aromatic rings. The van der Waals surface area contributed by atoms with Crippen LogP contribution in [0.5, 0.6) is 0 Å². The lowest BCUT2D eigenvalue weighted by Gasteiger charge is -2.29. The van der Waals surface area contributed by atoms with Gasteiger partial charge in [-0.25, -0.2) is 0 Å². The highest BCUT2D eigenvalue weighted by Crippen LogP contribution is 2.35. The van der Waals surface area contributed by atoms with E-state index in [2.05, 4.69) is 29.4 Å². The number of nitrogens with zero attached hydrogens (tertiary/aromatic N) is 2. The zero-order valence-electron chi connectivity index (χ0n) is 8.94. The van der Waals surface area contributed by atoms with Crippen LogP contribution in [0.4, 0.5) is 0 Å². The molecule has 0 saturated carbocycles. The van der Waals surface area contributed by atoms with Gasteiger partial charge in [0.05, 0.1) is 12.1 Å². The second-order valence-corrected chi connectivity index (χ2v) is 4.57. The maximum Gasteiger partial charge on any atom is 0.0533 e. The third-order valence-corrected chi connectivity index (χ3v) is 3.52. The summed E-state index contributed by atoms with van der Waals surface area (Å²) >= 11 is 5.75. The summed E-state index contributed by atoms with van der Waals surface area (Å²) < 4.78 is 2.00. The van der Waals surface area contributed by atoms with Crippen LogP contribution in [0.1, 0.15) is 22.6 Å². The van der Waals surface area contributed by atoms with Gasteiger partial charge in [-0.15, -0.1) is 11.6 Å². The van der Waals surface area contributed by atoms with Crippen molar-refractivity contribution < 1.29 is 0 Å². The van der Waals surface area contributed by atoms with Gasteiger partial charge in [0.2, 0.25) is 0 Å². The van der Waals surface area contributed by atoms with Crippen LogP contribution in [0.15, 0.2) is 36.7 Å². The molecule has 0 amide bonds. The molecule has 2 nitrogen and oxygen atoms in total. The highest BCUT2D eigenvalue weighted by Gasteiger charge is 2.25. The minimum atomic E-state index is 0.543. The second-order valence-electron chi connectivity index (χ2n) is 4.30. The van der Waals surface area contributed by atoms with Crippen LogP contribution in [0.25, 0.3) is 0 Å². The lowest BCUT2D eigenvalue weighted by atomic mass is 9.78. The quantitative estimate of drug-likeness (QED) is 0.744. The second kappa shape index (κ2) is 3.95. The van der Waals surface area contributed by atoms with Gasteiger partial charge in [0.15, 0.2) is 0 Å². The molecule has 1 unspecified atom stereocenters. The molecule has 1 atom stereocenters. The third-order valence-electron chi connectivity index (χ3n) is 3.21. The first-order chi connectivity index (χ1) is 7.86. The third kappa shape index (κ3) is 1.63. The van der Waals surface area contributed by atoms with Crippen molar-refractivity contribution in [1.82, 2.24) is 9.78 Å². The molecule has 3 rings (SSSR count). The van der Waals surface area contributed by atoms with Crippen molar-refractivity contribution in [3.05, 3.63) is 53.3 Å². The molecule has 1 heterocycles. The Balaban J connectivity index is 1.74. The Hall–Kier alpha value is -1.28. The van der Waals surface area contributed by atoms with Gasteiger partial charge in [0, 0.05) is 24.2 Å². The van der Waals surface area contributed by atoms with Crippen LogP contribution in [0.2, 0.25) is 0 Å². The Morgan fingerprint density at radius 2 is 2.25 bits per heavy atom. The average molecular weight is 233 g/mol. The van der Waals surface area contributed by atoms with Crippen molar-refractivity contribution in [2.75, 3.05) is 0 Å². The number of hydrogen-bond acceptors (Lipinski definition) is 1. The molecule has 0 radical (unpaired) electrons. The van der Waals surface area contributed by atoms with Crippen molar-refractivity contribution >= 4 is 11.6 Å². The standard InChI is InChI=1S/C13H13ClN2/c14-6-10-7-15-16(8-10)9-12-5-11-3-1-2-4-13(11)12/h1-4,7-8,12H,5-6,9H2. The first-order valence-corrected chi connectivity index (χ1v) is 6.05. The Bertz CT molecular complexity index is 504. The number of halogens is 1. The number of alkyl halides is 1. The minimum Gasteiger partial charge on any atom is -0.272 e. The summed E-state index contributed by atoms with van der Waals surface area (Å²) in [6, 6.07) is 8.64. The molecule has 1 aromatic carbocycles. The van der Waals surface area contributed by atoms with E-state index >= 15 is 0 Å². The Morgan fingerprint density at radius 1 is 1.38 bits per heavy atom. The summed E-state index contributed by atoms with van der Waals surface area (Å²) in [6.07, 6.45) is 5.05. The first kappa shape index (κ1) is 9.91. The molecule has 1 aliphatic rings. The Labute approximate surface area is 99.9 Å². The van der Waals surface area contributed by atoms with Gasteiger partial charge in [0.25, 0.3) is 0 Å². The first-order valence-electron chi connectivity index (χ1n) is 5.52. The van der Waals surface area contributed by atoms with Crippen LogP contribution in [-0.4, -0.2) is 9.78 Å². The molecule has 3 heteroatoms. The fraction of sp³-hybridized carbons (Fsp3) is 0.308. The van der Waals surface area contributed by atoms with E-state index in [1.807, 2.05) is 17.1 Å². The van der Waals surface area contributed by atoms with Crippen LogP contribution < -0.4 is 0 Å². The van der Waals surface area contributed by atoms with E-state index in [0.717, 1.165) is 12.1 Å². The maximum atomic E-state index is 5.75. The van der Waals surface area contributed by atoms with Gasteiger partial charge in [0.1, 0.15) is 0 Å². The number of benzene rings is 1. The number of aromatic nitrogens is 2. The van der Waals surface area contributed by atoms with Gasteiger partial charge < -0.3 is 0 Å². The van der Waals surface area contributed by atoms with E-state index < -0.39 is 0 Å². The molecule has 16 heavy (non-hydrogen) atoms. The molecule has 0 saturated heterocycles. The van der Waals surface area contributed by atoms with Crippen molar-refractivity contribution in [2.24, 2.45) is 0 Å². The number of rotatable bonds is 3. The van der Waals surface area contributed by atoms with Crippen LogP contribution in [0, 0.1) is 0 Å². The average Bonchev–Trinajstić information content (AvgIpc) is 2.74. The normalized spacial score (nSPS) is 17.9. The summed E-state index contributed by atoms with van der Waals surface area (Å²) in [5, 5.41) is 4.31. The topological polar surface area (TPSA) is 17.8 Å². The van der Waals surface area contributed by atoms with Gasteiger partial charge in [-0.05, 0) is 17.5 Å². The molecule has 1 aliphatic carbocycles. The van der Waals surface area contributed by atoms with E-state index in [-0.39, 0.29) is 0 Å². The fourth-order valence-corrected chi connectivity index (χ4v) is 2.46. The lowest BCUT2D eigenvalue weighted by molar-refractivity contribution is 0.475. The van der Waals surface area contributed by atoms with Gasteiger partial charge in [-0.3, -0.25) is 4.68 Å². The van der Waals surface area contributed by atoms with E-state index in [1.165, 1.54) is 17.5 Å². The fourth-order valence-electron chi connectivity index (χ4n) is 2.33. The number of fused-ring (bicyclic) bond motifs is 1. The van der Waals surface area contributed by atoms with Crippen LogP contribution >= 0.6 is 11.6 Å². The van der Waals surface area contributed by atoms with Crippen LogP contribution in [0.3, 0.4) is 0 Å². The molecular formula is C13H13ClN2. The Kier molecular flexibility index (Phi) is 2.44. The number of hydrogen-bond donors (Lipinski definition) is 0. The zero-order valence-corrected chi connectivity index (χ0v) is 9.69. The Morgan fingerprint density at radius 3 is 3.00 bits per heavy atom. The van der Waals surface area contributed by atoms with E-state index in [9.17, 15) is 0 Å². The predicted molar refractivity (Wildman–Crippen MR) is 64.7 cm³/mol. The molecular weight excluding hydrogens is 220 g/mol. The maximum absolute atomic E-state index is 5.75. The summed E-state index contributed by atoms with van der Waals surface area (Å²) in [4.78, 5) is 0. The zero-order chi connectivity index (χ0) is 11.0. The van der Waals surface area contributed by atoms with Crippen molar-refractivity contribution in [2.45, 2.75) is 24.8 Å². The predicted octanol–water partition coefficient (Wildman–Crippen LogP) is 2.96. The highest BCUT2D eigenvalue weighted by molar-refractivity contribution is 6.17. The summed E-state index contributed by atoms with van der Waals surface area (Å²) in [5.41, 5.74) is 4.05. The lowest BCUT2D eigenvalue weighted by Crippen LogP contribution is -2.22. The van der Waals surface area contributed by atoms with Gasteiger partial charge >= 0.3 is 0 Å². The van der Waals surface area contributed by atoms with E-state index in [1.54, 1.807) is 0 Å². The van der Waals surface area contributed by atoms with E-state index in [4.69, 9.17) is 11.6 Å². The van der Waals surface area contributed by atoms with Crippen molar-refractivity contribution in [1.29, 1.82) is 0 Å². The highest BCUT2D eigenvalue weighted by atomic mass is 35.5. The molecule has 0 bridgehead atoms. The van der Waals surface area contributed by atoms with Crippen molar-refractivity contribution in [3.63, 3.8) is 0 Å². The van der Waals surface area contributed by atoms with Gasteiger partial charge in [-0.2, -0.15) is 5.10 Å².